The lowest BCUT2D eigenvalue weighted by Gasteiger charge is -2.29. The molecule has 0 saturated heterocycles. The van der Waals surface area contributed by atoms with Crippen LogP contribution in [-0.2, 0) is 4.74 Å². The molecule has 0 aliphatic carbocycles. The second-order valence-electron chi connectivity index (χ2n) is 10.4. The summed E-state index contributed by atoms with van der Waals surface area (Å²) in [5.41, 5.74) is -4.73. The van der Waals surface area contributed by atoms with Crippen molar-refractivity contribution in [3.8, 4) is 0 Å². The second-order valence-corrected chi connectivity index (χ2v) is 10.4. The Hall–Kier alpha value is -0.530. The van der Waals surface area contributed by atoms with Gasteiger partial charge in [0.25, 0.3) is 5.67 Å². The van der Waals surface area contributed by atoms with Crippen molar-refractivity contribution in [1.82, 2.24) is 0 Å². The van der Waals surface area contributed by atoms with E-state index in [0.29, 0.717) is 11.8 Å². The van der Waals surface area contributed by atoms with Gasteiger partial charge in [0, 0.05) is 13.2 Å². The molecule has 0 fully saturated rings. The van der Waals surface area contributed by atoms with E-state index < -0.39 is 30.9 Å². The first-order valence-corrected chi connectivity index (χ1v) is 13.2. The molecular formula is C26H47F7O. The maximum absolute atomic E-state index is 13.5. The summed E-state index contributed by atoms with van der Waals surface area (Å²) in [5, 5.41) is 0. The Bertz CT molecular complexity index is 473. The van der Waals surface area contributed by atoms with Gasteiger partial charge in [0.1, 0.15) is 0 Å². The third kappa shape index (κ3) is 14.8. The predicted octanol–water partition coefficient (Wildman–Crippen LogP) is 10.5. The van der Waals surface area contributed by atoms with Gasteiger partial charge in [-0.05, 0) is 31.1 Å². The van der Waals surface area contributed by atoms with E-state index in [4.69, 9.17) is 4.74 Å². The monoisotopic (exact) mass is 508 g/mol. The van der Waals surface area contributed by atoms with Crippen molar-refractivity contribution in [2.45, 2.75) is 148 Å². The Morgan fingerprint density at radius 3 is 1.18 bits per heavy atom. The van der Waals surface area contributed by atoms with Gasteiger partial charge >= 0.3 is 12.4 Å². The summed E-state index contributed by atoms with van der Waals surface area (Å²) in [5.74, 6) is 0. The highest BCUT2D eigenvalue weighted by molar-refractivity contribution is 4.94. The van der Waals surface area contributed by atoms with Gasteiger partial charge < -0.3 is 4.74 Å². The maximum Gasteiger partial charge on any atom is 0.431 e. The molecule has 0 amide bonds. The number of hydrogen-bond donors (Lipinski definition) is 0. The molecule has 0 aliphatic rings. The number of unbranched alkanes of at least 4 members (excludes halogenated alkanes) is 13. The zero-order valence-corrected chi connectivity index (χ0v) is 21.5. The molecule has 0 radical (unpaired) electrons. The lowest BCUT2D eigenvalue weighted by molar-refractivity contribution is -0.343. The van der Waals surface area contributed by atoms with Gasteiger partial charge in [-0.3, -0.25) is 0 Å². The summed E-state index contributed by atoms with van der Waals surface area (Å²) in [6.07, 6.45) is 1.29. The molecule has 0 spiro atoms. The van der Waals surface area contributed by atoms with E-state index in [0.717, 1.165) is 58.2 Å². The first-order valence-electron chi connectivity index (χ1n) is 13.2. The van der Waals surface area contributed by atoms with E-state index >= 15 is 0 Å². The molecule has 0 aliphatic heterocycles. The van der Waals surface area contributed by atoms with Crippen LogP contribution in [0.1, 0.15) is 130 Å². The summed E-state index contributed by atoms with van der Waals surface area (Å²) in [7, 11) is 0. The average molecular weight is 509 g/mol. The predicted molar refractivity (Wildman–Crippen MR) is 125 cm³/mol. The Morgan fingerprint density at radius 2 is 0.824 bits per heavy atom. The molecule has 0 aromatic rings. The van der Waals surface area contributed by atoms with Crippen LogP contribution < -0.4 is 0 Å². The molecule has 0 saturated carbocycles. The fourth-order valence-electron chi connectivity index (χ4n) is 3.77. The zero-order chi connectivity index (χ0) is 26.1. The summed E-state index contributed by atoms with van der Waals surface area (Å²) in [4.78, 5) is 0. The van der Waals surface area contributed by atoms with Gasteiger partial charge in [-0.1, -0.05) is 104 Å². The lowest BCUT2D eigenvalue weighted by atomic mass is 9.87. The summed E-state index contributed by atoms with van der Waals surface area (Å²) >= 11 is 0. The van der Waals surface area contributed by atoms with Crippen molar-refractivity contribution >= 4 is 0 Å². The zero-order valence-electron chi connectivity index (χ0n) is 21.5. The van der Waals surface area contributed by atoms with Crippen molar-refractivity contribution in [1.29, 1.82) is 0 Å². The highest BCUT2D eigenvalue weighted by Crippen LogP contribution is 2.49. The Kier molecular flexibility index (Phi) is 16.8. The van der Waals surface area contributed by atoms with Gasteiger partial charge in [-0.15, -0.1) is 0 Å². The van der Waals surface area contributed by atoms with Crippen molar-refractivity contribution in [2.75, 3.05) is 13.2 Å². The summed E-state index contributed by atoms with van der Waals surface area (Å²) in [6.45, 7) is 8.43. The normalized spacial score (nSPS) is 13.6. The quantitative estimate of drug-likeness (QED) is 0.111. The number of ether oxygens (including phenoxy) is 1. The van der Waals surface area contributed by atoms with E-state index in [2.05, 4.69) is 20.8 Å². The summed E-state index contributed by atoms with van der Waals surface area (Å²) < 4.78 is 94.0. The van der Waals surface area contributed by atoms with E-state index in [1.54, 1.807) is 0 Å². The molecule has 0 N–H and O–H groups in total. The average Bonchev–Trinajstić information content (AvgIpc) is 2.73. The third-order valence-electron chi connectivity index (χ3n) is 6.84. The van der Waals surface area contributed by atoms with Crippen molar-refractivity contribution in [2.24, 2.45) is 5.41 Å². The first-order chi connectivity index (χ1) is 15.8. The van der Waals surface area contributed by atoms with E-state index in [1.807, 2.05) is 0 Å². The minimum atomic E-state index is -5.93. The van der Waals surface area contributed by atoms with Crippen LogP contribution in [-0.4, -0.2) is 31.2 Å². The Morgan fingerprint density at radius 1 is 0.471 bits per heavy atom. The molecule has 0 atom stereocenters. The minimum absolute atomic E-state index is 0.180. The number of alkyl halides is 7. The first kappa shape index (κ1) is 33.5. The van der Waals surface area contributed by atoms with Gasteiger partial charge in [0.2, 0.25) is 0 Å². The molecule has 0 bridgehead atoms. The largest absolute Gasteiger partial charge is 0.431 e. The lowest BCUT2D eigenvalue weighted by Crippen LogP contribution is -2.53. The van der Waals surface area contributed by atoms with Crippen LogP contribution >= 0.6 is 0 Å². The van der Waals surface area contributed by atoms with Crippen molar-refractivity contribution in [3.05, 3.63) is 0 Å². The summed E-state index contributed by atoms with van der Waals surface area (Å²) in [6, 6.07) is 0. The molecule has 206 valence electrons. The molecule has 0 aromatic carbocycles. The van der Waals surface area contributed by atoms with Crippen LogP contribution in [0.2, 0.25) is 0 Å². The second kappa shape index (κ2) is 17.0. The SMILES string of the molecule is CCC(C)(C)CCOCCCCCCCCCCCCCCCCC(F)(C(F)(F)F)C(F)(F)F. The van der Waals surface area contributed by atoms with Crippen molar-refractivity contribution in [3.63, 3.8) is 0 Å². The van der Waals surface area contributed by atoms with Gasteiger partial charge in [-0.25, -0.2) is 4.39 Å². The minimum Gasteiger partial charge on any atom is -0.381 e. The van der Waals surface area contributed by atoms with Crippen LogP contribution in [0.4, 0.5) is 30.7 Å². The fourth-order valence-corrected chi connectivity index (χ4v) is 3.77. The highest BCUT2D eigenvalue weighted by atomic mass is 19.4. The van der Waals surface area contributed by atoms with Gasteiger partial charge in [0.15, 0.2) is 0 Å². The number of halogens is 7. The Balaban J connectivity index is 3.46. The topological polar surface area (TPSA) is 9.23 Å². The molecule has 8 heteroatoms. The van der Waals surface area contributed by atoms with Crippen LogP contribution in [0, 0.1) is 5.41 Å². The van der Waals surface area contributed by atoms with Crippen LogP contribution in [0.5, 0.6) is 0 Å². The molecule has 0 aromatic heterocycles. The molecule has 1 nitrogen and oxygen atoms in total. The molecule has 0 unspecified atom stereocenters. The number of rotatable bonds is 21. The van der Waals surface area contributed by atoms with E-state index in [9.17, 15) is 30.7 Å². The van der Waals surface area contributed by atoms with Gasteiger partial charge in [-0.2, -0.15) is 26.3 Å². The highest BCUT2D eigenvalue weighted by Gasteiger charge is 2.71. The maximum atomic E-state index is 13.5. The van der Waals surface area contributed by atoms with Crippen molar-refractivity contribution < 1.29 is 35.5 Å². The third-order valence-corrected chi connectivity index (χ3v) is 6.84. The van der Waals surface area contributed by atoms with Crippen LogP contribution in [0.25, 0.3) is 0 Å². The smallest absolute Gasteiger partial charge is 0.381 e. The van der Waals surface area contributed by atoms with E-state index in [1.165, 1.54) is 38.5 Å². The molecule has 34 heavy (non-hydrogen) atoms. The van der Waals surface area contributed by atoms with Crippen LogP contribution in [0.15, 0.2) is 0 Å². The van der Waals surface area contributed by atoms with Gasteiger partial charge in [0.05, 0.1) is 0 Å². The van der Waals surface area contributed by atoms with E-state index in [-0.39, 0.29) is 6.42 Å². The standard InChI is InChI=1S/C26H47F7O/c1-4-23(2,3)20-22-34-21-18-16-14-12-10-8-6-5-7-9-11-13-15-17-19-24(27,25(28,29)30)26(31,32)33/h4-22H2,1-3H3. The molecular weight excluding hydrogens is 461 g/mol. The number of hydrogen-bond acceptors (Lipinski definition) is 1. The molecule has 0 heterocycles. The fraction of sp³-hybridized carbons (Fsp3) is 1.00. The van der Waals surface area contributed by atoms with Crippen LogP contribution in [0.3, 0.4) is 0 Å². The molecule has 0 rings (SSSR count). The Labute approximate surface area is 202 Å².